The molecule has 2 aliphatic rings. The second-order valence-corrected chi connectivity index (χ2v) is 9.20. The zero-order valence-corrected chi connectivity index (χ0v) is 17.8. The van der Waals surface area contributed by atoms with Crippen LogP contribution in [0.1, 0.15) is 52.0 Å². The zero-order valence-electron chi connectivity index (χ0n) is 17.0. The average Bonchev–Trinajstić information content (AvgIpc) is 3.15. The van der Waals surface area contributed by atoms with Crippen LogP contribution in [0.4, 0.5) is 0 Å². The third kappa shape index (κ3) is 3.84. The SMILES string of the molecule is C[C@@H]1[C@@H](C)CCC[C@@H]1n1c(SCC(=O)N2CCCC2=O)nc2ccccc2c1=O. The van der Waals surface area contributed by atoms with E-state index in [0.29, 0.717) is 40.9 Å². The first-order valence-corrected chi connectivity index (χ1v) is 11.4. The number of hydrogen-bond acceptors (Lipinski definition) is 5. The first-order valence-electron chi connectivity index (χ1n) is 10.4. The Morgan fingerprint density at radius 3 is 2.72 bits per heavy atom. The topological polar surface area (TPSA) is 72.3 Å². The quantitative estimate of drug-likeness (QED) is 0.565. The molecule has 1 aromatic carbocycles. The third-order valence-electron chi connectivity index (χ3n) is 6.47. The van der Waals surface area contributed by atoms with Gasteiger partial charge in [-0.2, -0.15) is 0 Å². The Bertz CT molecular complexity index is 1000. The highest BCUT2D eigenvalue weighted by atomic mass is 32.2. The molecule has 154 valence electrons. The van der Waals surface area contributed by atoms with E-state index in [1.54, 1.807) is 0 Å². The number of thioether (sulfide) groups is 1. The highest BCUT2D eigenvalue weighted by Crippen LogP contribution is 2.38. The molecule has 4 rings (SSSR count). The number of aromatic nitrogens is 2. The van der Waals surface area contributed by atoms with Crippen molar-refractivity contribution in [1.82, 2.24) is 14.5 Å². The lowest BCUT2D eigenvalue weighted by atomic mass is 9.78. The van der Waals surface area contributed by atoms with Crippen molar-refractivity contribution in [2.75, 3.05) is 12.3 Å². The van der Waals surface area contributed by atoms with Crippen molar-refractivity contribution in [1.29, 1.82) is 0 Å². The second kappa shape index (κ2) is 8.30. The molecule has 0 N–H and O–H groups in total. The standard InChI is InChI=1S/C22H27N3O3S/c1-14-7-5-10-18(15(14)2)25-21(28)16-8-3-4-9-17(16)23-22(25)29-13-20(27)24-12-6-11-19(24)26/h3-4,8-9,14-15,18H,5-7,10-13H2,1-2H3/t14-,15+,18-/m0/s1. The van der Waals surface area contributed by atoms with Crippen LogP contribution in [0, 0.1) is 11.8 Å². The van der Waals surface area contributed by atoms with E-state index in [-0.39, 0.29) is 29.2 Å². The van der Waals surface area contributed by atoms with Crippen molar-refractivity contribution in [2.45, 2.75) is 57.1 Å². The van der Waals surface area contributed by atoms with Gasteiger partial charge in [0.1, 0.15) is 0 Å². The molecular formula is C22H27N3O3S. The first-order chi connectivity index (χ1) is 14.0. The predicted octanol–water partition coefficient (Wildman–Crippen LogP) is 3.63. The molecule has 0 radical (unpaired) electrons. The number of rotatable bonds is 4. The maximum atomic E-state index is 13.4. The van der Waals surface area contributed by atoms with E-state index < -0.39 is 0 Å². The number of carbonyl (C=O) groups excluding carboxylic acids is 2. The van der Waals surface area contributed by atoms with Crippen LogP contribution in [0.15, 0.2) is 34.2 Å². The lowest BCUT2D eigenvalue weighted by molar-refractivity contribution is -0.140. The predicted molar refractivity (Wildman–Crippen MR) is 114 cm³/mol. The monoisotopic (exact) mass is 413 g/mol. The van der Waals surface area contributed by atoms with Gasteiger partial charge in [0.15, 0.2) is 5.16 Å². The minimum atomic E-state index is -0.198. The Hall–Kier alpha value is -2.15. The molecule has 1 aromatic heterocycles. The first kappa shape index (κ1) is 20.1. The fourth-order valence-electron chi connectivity index (χ4n) is 4.55. The summed E-state index contributed by atoms with van der Waals surface area (Å²) in [6.45, 7) is 4.94. The number of amides is 2. The Morgan fingerprint density at radius 2 is 1.97 bits per heavy atom. The number of benzene rings is 1. The number of nitrogens with zero attached hydrogens (tertiary/aromatic N) is 3. The lowest BCUT2D eigenvalue weighted by Gasteiger charge is -2.36. The molecule has 0 unspecified atom stereocenters. The van der Waals surface area contributed by atoms with Gasteiger partial charge in [0.25, 0.3) is 5.56 Å². The number of hydrogen-bond donors (Lipinski definition) is 0. The van der Waals surface area contributed by atoms with Crippen molar-refractivity contribution >= 4 is 34.5 Å². The van der Waals surface area contributed by atoms with Crippen molar-refractivity contribution in [3.05, 3.63) is 34.6 Å². The van der Waals surface area contributed by atoms with Crippen molar-refractivity contribution < 1.29 is 9.59 Å². The molecule has 2 heterocycles. The molecule has 1 saturated carbocycles. The van der Waals surface area contributed by atoms with E-state index in [2.05, 4.69) is 13.8 Å². The highest BCUT2D eigenvalue weighted by molar-refractivity contribution is 7.99. The summed E-state index contributed by atoms with van der Waals surface area (Å²) in [7, 11) is 0. The van der Waals surface area contributed by atoms with E-state index in [1.807, 2.05) is 28.8 Å². The summed E-state index contributed by atoms with van der Waals surface area (Å²) >= 11 is 1.28. The van der Waals surface area contributed by atoms with E-state index in [9.17, 15) is 14.4 Å². The number of para-hydroxylation sites is 1. The van der Waals surface area contributed by atoms with E-state index in [1.165, 1.54) is 23.1 Å². The van der Waals surface area contributed by atoms with Gasteiger partial charge in [-0.25, -0.2) is 4.98 Å². The van der Waals surface area contributed by atoms with Gasteiger partial charge < -0.3 is 0 Å². The average molecular weight is 414 g/mol. The summed E-state index contributed by atoms with van der Waals surface area (Å²) in [5, 5.41) is 1.20. The zero-order chi connectivity index (χ0) is 20.5. The third-order valence-corrected chi connectivity index (χ3v) is 7.41. The maximum Gasteiger partial charge on any atom is 0.262 e. The molecule has 0 bridgehead atoms. The van der Waals surface area contributed by atoms with Crippen LogP contribution in [0.25, 0.3) is 10.9 Å². The van der Waals surface area contributed by atoms with Crippen LogP contribution >= 0.6 is 11.8 Å². The van der Waals surface area contributed by atoms with E-state index in [4.69, 9.17) is 4.98 Å². The van der Waals surface area contributed by atoms with Crippen molar-refractivity contribution in [3.63, 3.8) is 0 Å². The minimum Gasteiger partial charge on any atom is -0.284 e. The molecule has 6 nitrogen and oxygen atoms in total. The molecule has 29 heavy (non-hydrogen) atoms. The normalized spacial score (nSPS) is 25.0. The molecule has 2 amide bonds. The van der Waals surface area contributed by atoms with Gasteiger partial charge in [0.05, 0.1) is 16.7 Å². The van der Waals surface area contributed by atoms with Crippen LogP contribution in [-0.4, -0.2) is 38.6 Å². The van der Waals surface area contributed by atoms with Gasteiger partial charge in [-0.15, -0.1) is 0 Å². The van der Waals surface area contributed by atoms with Crippen LogP contribution in [0.2, 0.25) is 0 Å². The van der Waals surface area contributed by atoms with Gasteiger partial charge in [-0.3, -0.25) is 23.9 Å². The van der Waals surface area contributed by atoms with Crippen molar-refractivity contribution in [2.24, 2.45) is 11.8 Å². The van der Waals surface area contributed by atoms with E-state index >= 15 is 0 Å². The molecule has 0 spiro atoms. The van der Waals surface area contributed by atoms with Crippen LogP contribution < -0.4 is 5.56 Å². The van der Waals surface area contributed by atoms with Crippen LogP contribution in [0.3, 0.4) is 0 Å². The summed E-state index contributed by atoms with van der Waals surface area (Å²) in [6.07, 6.45) is 4.36. The summed E-state index contributed by atoms with van der Waals surface area (Å²) in [4.78, 5) is 43.9. The van der Waals surface area contributed by atoms with Gasteiger partial charge >= 0.3 is 0 Å². The van der Waals surface area contributed by atoms with Crippen molar-refractivity contribution in [3.8, 4) is 0 Å². The van der Waals surface area contributed by atoms with Gasteiger partial charge in [-0.1, -0.05) is 50.6 Å². The Kier molecular flexibility index (Phi) is 5.76. The molecule has 2 fully saturated rings. The molecular weight excluding hydrogens is 386 g/mol. The van der Waals surface area contributed by atoms with Gasteiger partial charge in [-0.05, 0) is 36.8 Å². The van der Waals surface area contributed by atoms with Gasteiger partial charge in [0, 0.05) is 19.0 Å². The second-order valence-electron chi connectivity index (χ2n) is 8.25. The number of likely N-dealkylation sites (tertiary alicyclic amines) is 1. The molecule has 2 aromatic rings. The molecule has 1 aliphatic carbocycles. The summed E-state index contributed by atoms with van der Waals surface area (Å²) < 4.78 is 1.83. The number of imide groups is 1. The molecule has 7 heteroatoms. The summed E-state index contributed by atoms with van der Waals surface area (Å²) in [6, 6.07) is 7.46. The van der Waals surface area contributed by atoms with Crippen LogP contribution in [0.5, 0.6) is 0 Å². The summed E-state index contributed by atoms with van der Waals surface area (Å²) in [5.74, 6) is 0.715. The number of fused-ring (bicyclic) bond motifs is 1. The van der Waals surface area contributed by atoms with E-state index in [0.717, 1.165) is 19.3 Å². The number of carbonyl (C=O) groups is 2. The molecule has 1 aliphatic heterocycles. The molecule has 3 atom stereocenters. The lowest BCUT2D eigenvalue weighted by Crippen LogP contribution is -2.36. The Balaban J connectivity index is 1.70. The Morgan fingerprint density at radius 1 is 1.17 bits per heavy atom. The molecule has 1 saturated heterocycles. The minimum absolute atomic E-state index is 0.0336. The maximum absolute atomic E-state index is 13.4. The fourth-order valence-corrected chi connectivity index (χ4v) is 5.48. The summed E-state index contributed by atoms with van der Waals surface area (Å²) in [5.41, 5.74) is 0.617. The Labute approximate surface area is 174 Å². The van der Waals surface area contributed by atoms with Gasteiger partial charge in [0.2, 0.25) is 11.8 Å². The smallest absolute Gasteiger partial charge is 0.262 e. The van der Waals surface area contributed by atoms with Crippen LogP contribution in [-0.2, 0) is 9.59 Å². The highest BCUT2D eigenvalue weighted by Gasteiger charge is 2.32. The largest absolute Gasteiger partial charge is 0.284 e. The fraction of sp³-hybridized carbons (Fsp3) is 0.545.